The van der Waals surface area contributed by atoms with Gasteiger partial charge in [-0.1, -0.05) is 18.5 Å². The van der Waals surface area contributed by atoms with Gasteiger partial charge >= 0.3 is 0 Å². The highest BCUT2D eigenvalue weighted by molar-refractivity contribution is 6.30. The van der Waals surface area contributed by atoms with Crippen LogP contribution in [0.25, 0.3) is 0 Å². The number of aromatic nitrogens is 1. The number of hydrogen-bond donors (Lipinski definition) is 3. The Morgan fingerprint density at radius 3 is 2.78 bits per heavy atom. The van der Waals surface area contributed by atoms with Crippen LogP contribution >= 0.6 is 11.6 Å². The Labute approximate surface area is 113 Å². The number of nitrogen functional groups attached to an aromatic ring is 1. The number of pyridine rings is 1. The number of aliphatic hydroxyl groups is 1. The molecule has 1 heterocycles. The normalized spacial score (nSPS) is 28.1. The molecule has 0 unspecified atom stereocenters. The molecule has 0 atom stereocenters. The maximum atomic E-state index is 9.68. The van der Waals surface area contributed by atoms with E-state index in [4.69, 9.17) is 17.3 Å². The van der Waals surface area contributed by atoms with E-state index in [2.05, 4.69) is 17.2 Å². The Morgan fingerprint density at radius 2 is 2.22 bits per heavy atom. The number of nitrogens with one attached hydrogen (secondary N) is 1. The van der Waals surface area contributed by atoms with Crippen LogP contribution in [0.4, 0.5) is 11.5 Å². The average molecular weight is 270 g/mol. The summed E-state index contributed by atoms with van der Waals surface area (Å²) in [4.78, 5) is 4.20. The van der Waals surface area contributed by atoms with Crippen LogP contribution in [0, 0.1) is 5.92 Å². The van der Waals surface area contributed by atoms with Crippen molar-refractivity contribution in [2.75, 3.05) is 17.7 Å². The van der Waals surface area contributed by atoms with E-state index in [9.17, 15) is 5.11 Å². The number of hydrogen-bond acceptors (Lipinski definition) is 4. The van der Waals surface area contributed by atoms with Crippen LogP contribution in [0.3, 0.4) is 0 Å². The van der Waals surface area contributed by atoms with Gasteiger partial charge in [0.1, 0.15) is 5.82 Å². The Morgan fingerprint density at radius 1 is 1.56 bits per heavy atom. The second-order valence-corrected chi connectivity index (χ2v) is 5.77. The largest absolute Gasteiger partial charge is 0.396 e. The fraction of sp³-hybridized carbons (Fsp3) is 0.615. The number of nitrogens with zero attached hydrogens (tertiary/aromatic N) is 1. The Hall–Kier alpha value is -1.00. The molecule has 5 heteroatoms. The molecule has 1 aromatic heterocycles. The molecule has 0 spiro atoms. The smallest absolute Gasteiger partial charge is 0.149 e. The van der Waals surface area contributed by atoms with Crippen molar-refractivity contribution in [3.63, 3.8) is 0 Å². The molecule has 0 aliphatic heterocycles. The monoisotopic (exact) mass is 269 g/mol. The zero-order valence-electron chi connectivity index (χ0n) is 10.6. The molecule has 1 fully saturated rings. The summed E-state index contributed by atoms with van der Waals surface area (Å²) in [6.07, 6.45) is 5.67. The quantitative estimate of drug-likeness (QED) is 0.789. The molecule has 0 aromatic carbocycles. The molecular formula is C13H20ClN3O. The predicted octanol–water partition coefficient (Wildman–Crippen LogP) is 2.67. The Bertz CT molecular complexity index is 417. The standard InChI is InChI=1S/C13H20ClN3O/c1-9-2-4-13(8-18,5-3-9)17-12-11(15)6-10(14)7-16-12/h6-7,9,18H,2-5,8,15H2,1H3,(H,16,17). The maximum absolute atomic E-state index is 9.68. The fourth-order valence-corrected chi connectivity index (χ4v) is 2.61. The lowest BCUT2D eigenvalue weighted by atomic mass is 9.77. The number of nitrogens with two attached hydrogens (primary N) is 1. The Balaban J connectivity index is 2.15. The van der Waals surface area contributed by atoms with Gasteiger partial charge in [-0.2, -0.15) is 0 Å². The van der Waals surface area contributed by atoms with Gasteiger partial charge in [-0.05, 0) is 37.7 Å². The molecule has 18 heavy (non-hydrogen) atoms. The molecule has 0 amide bonds. The van der Waals surface area contributed by atoms with Crippen LogP contribution < -0.4 is 11.1 Å². The molecule has 2 rings (SSSR count). The van der Waals surface area contributed by atoms with Gasteiger partial charge in [0.15, 0.2) is 0 Å². The van der Waals surface area contributed by atoms with Gasteiger partial charge < -0.3 is 16.2 Å². The van der Waals surface area contributed by atoms with Crippen LogP contribution in [-0.2, 0) is 0 Å². The SMILES string of the molecule is CC1CCC(CO)(Nc2ncc(Cl)cc2N)CC1. The van der Waals surface area contributed by atoms with Crippen LogP contribution in [0.15, 0.2) is 12.3 Å². The van der Waals surface area contributed by atoms with Crippen LogP contribution in [0.5, 0.6) is 0 Å². The lowest BCUT2D eigenvalue weighted by Crippen LogP contribution is -2.45. The summed E-state index contributed by atoms with van der Waals surface area (Å²) < 4.78 is 0. The molecular weight excluding hydrogens is 250 g/mol. The average Bonchev–Trinajstić information content (AvgIpc) is 2.36. The molecule has 4 nitrogen and oxygen atoms in total. The van der Waals surface area contributed by atoms with Crippen molar-refractivity contribution in [3.8, 4) is 0 Å². The third-order valence-electron chi connectivity index (χ3n) is 3.80. The third kappa shape index (κ3) is 2.87. The summed E-state index contributed by atoms with van der Waals surface area (Å²) in [5, 5.41) is 13.5. The second kappa shape index (κ2) is 5.33. The van der Waals surface area contributed by atoms with E-state index in [-0.39, 0.29) is 12.1 Å². The Kier molecular flexibility index (Phi) is 3.97. The molecule has 4 N–H and O–H groups in total. The van der Waals surface area contributed by atoms with Gasteiger partial charge in [-0.3, -0.25) is 0 Å². The summed E-state index contributed by atoms with van der Waals surface area (Å²) in [5.41, 5.74) is 6.12. The van der Waals surface area contributed by atoms with Crippen molar-refractivity contribution >= 4 is 23.1 Å². The summed E-state index contributed by atoms with van der Waals surface area (Å²) >= 11 is 5.83. The minimum Gasteiger partial charge on any atom is -0.396 e. The molecule has 1 saturated carbocycles. The number of rotatable bonds is 3. The minimum atomic E-state index is -0.290. The zero-order chi connectivity index (χ0) is 13.2. The molecule has 0 saturated heterocycles. The van der Waals surface area contributed by atoms with Gasteiger partial charge in [0.2, 0.25) is 0 Å². The van der Waals surface area contributed by atoms with E-state index >= 15 is 0 Å². The highest BCUT2D eigenvalue weighted by atomic mass is 35.5. The highest BCUT2D eigenvalue weighted by Gasteiger charge is 2.34. The summed E-state index contributed by atoms with van der Waals surface area (Å²) in [6, 6.07) is 1.67. The van der Waals surface area contributed by atoms with E-state index in [0.717, 1.165) is 31.6 Å². The molecule has 0 radical (unpaired) electrons. The van der Waals surface area contributed by atoms with E-state index in [0.29, 0.717) is 16.5 Å². The van der Waals surface area contributed by atoms with Gasteiger partial charge in [-0.25, -0.2) is 4.98 Å². The van der Waals surface area contributed by atoms with Crippen LogP contribution in [-0.4, -0.2) is 22.2 Å². The van der Waals surface area contributed by atoms with Crippen molar-refractivity contribution in [3.05, 3.63) is 17.3 Å². The zero-order valence-corrected chi connectivity index (χ0v) is 11.4. The number of halogens is 1. The highest BCUT2D eigenvalue weighted by Crippen LogP contribution is 2.35. The summed E-state index contributed by atoms with van der Waals surface area (Å²) in [7, 11) is 0. The first-order valence-corrected chi connectivity index (χ1v) is 6.72. The van der Waals surface area contributed by atoms with Crippen LogP contribution in [0.2, 0.25) is 5.02 Å². The predicted molar refractivity (Wildman–Crippen MR) is 74.7 cm³/mol. The number of aliphatic hydroxyl groups excluding tert-OH is 1. The fourth-order valence-electron chi connectivity index (χ4n) is 2.45. The van der Waals surface area contributed by atoms with Crippen molar-refractivity contribution in [1.29, 1.82) is 0 Å². The molecule has 1 aromatic rings. The van der Waals surface area contributed by atoms with Crippen molar-refractivity contribution < 1.29 is 5.11 Å². The van der Waals surface area contributed by atoms with E-state index < -0.39 is 0 Å². The van der Waals surface area contributed by atoms with Gasteiger partial charge in [0.25, 0.3) is 0 Å². The van der Waals surface area contributed by atoms with E-state index in [1.807, 2.05) is 0 Å². The van der Waals surface area contributed by atoms with Gasteiger partial charge in [-0.15, -0.1) is 0 Å². The maximum Gasteiger partial charge on any atom is 0.149 e. The number of anilines is 2. The van der Waals surface area contributed by atoms with Crippen molar-refractivity contribution in [1.82, 2.24) is 4.98 Å². The summed E-state index contributed by atoms with van der Waals surface area (Å²) in [5.74, 6) is 1.34. The molecule has 100 valence electrons. The van der Waals surface area contributed by atoms with E-state index in [1.54, 1.807) is 12.3 Å². The topological polar surface area (TPSA) is 71.2 Å². The van der Waals surface area contributed by atoms with E-state index in [1.165, 1.54) is 0 Å². The molecule has 1 aliphatic rings. The first-order chi connectivity index (χ1) is 8.54. The lowest BCUT2D eigenvalue weighted by Gasteiger charge is -2.39. The van der Waals surface area contributed by atoms with Crippen molar-refractivity contribution in [2.45, 2.75) is 38.1 Å². The summed E-state index contributed by atoms with van der Waals surface area (Å²) in [6.45, 7) is 2.35. The van der Waals surface area contributed by atoms with Crippen LogP contribution in [0.1, 0.15) is 32.6 Å². The molecule has 0 bridgehead atoms. The molecule has 1 aliphatic carbocycles. The lowest BCUT2D eigenvalue weighted by molar-refractivity contribution is 0.155. The minimum absolute atomic E-state index is 0.101. The third-order valence-corrected chi connectivity index (χ3v) is 4.01. The van der Waals surface area contributed by atoms with Crippen molar-refractivity contribution in [2.24, 2.45) is 5.92 Å². The van der Waals surface area contributed by atoms with Gasteiger partial charge in [0.05, 0.1) is 22.9 Å². The first kappa shape index (κ1) is 13.4. The first-order valence-electron chi connectivity index (χ1n) is 6.35. The van der Waals surface area contributed by atoms with Gasteiger partial charge in [0, 0.05) is 6.20 Å². The second-order valence-electron chi connectivity index (χ2n) is 5.34.